The summed E-state index contributed by atoms with van der Waals surface area (Å²) in [6.45, 7) is 2.61. The third-order valence-electron chi connectivity index (χ3n) is 5.09. The predicted molar refractivity (Wildman–Crippen MR) is 134 cm³/mol. The van der Waals surface area contributed by atoms with Crippen LogP contribution in [0, 0.1) is 6.92 Å². The van der Waals surface area contributed by atoms with Crippen LogP contribution in [0.4, 0.5) is 5.69 Å². The van der Waals surface area contributed by atoms with Crippen molar-refractivity contribution in [1.82, 2.24) is 5.32 Å². The lowest BCUT2D eigenvalue weighted by molar-refractivity contribution is 0.0947. The largest absolute Gasteiger partial charge is 0.497 e. The van der Waals surface area contributed by atoms with Crippen molar-refractivity contribution in [3.63, 3.8) is 0 Å². The Bertz CT molecular complexity index is 1230. The fourth-order valence-corrected chi connectivity index (χ4v) is 4.49. The number of amides is 1. The van der Waals surface area contributed by atoms with Gasteiger partial charge in [0.05, 0.1) is 32.1 Å². The number of carbonyl (C=O) groups is 1. The summed E-state index contributed by atoms with van der Waals surface area (Å²) >= 11 is 6.01. The summed E-state index contributed by atoms with van der Waals surface area (Å²) in [5.74, 6) is 1.19. The van der Waals surface area contributed by atoms with Gasteiger partial charge in [-0.05, 0) is 72.6 Å². The molecule has 1 N–H and O–H groups in total. The Morgan fingerprint density at radius 2 is 1.65 bits per heavy atom. The van der Waals surface area contributed by atoms with Crippen LogP contribution in [-0.4, -0.2) is 40.8 Å². The number of halogens is 1. The number of carbonyl (C=O) groups excluding carboxylic acids is 1. The normalized spacial score (nSPS) is 11.1. The second-order valence-corrected chi connectivity index (χ2v) is 10.0. The van der Waals surface area contributed by atoms with Gasteiger partial charge in [-0.3, -0.25) is 9.10 Å². The van der Waals surface area contributed by atoms with E-state index in [1.54, 1.807) is 73.8 Å². The van der Waals surface area contributed by atoms with Crippen LogP contribution in [-0.2, 0) is 16.6 Å². The first-order valence-corrected chi connectivity index (χ1v) is 12.8. The zero-order valence-electron chi connectivity index (χ0n) is 19.2. The maximum atomic E-state index is 12.4. The number of hydrogen-bond donors (Lipinski definition) is 1. The molecule has 0 saturated carbocycles. The van der Waals surface area contributed by atoms with Gasteiger partial charge in [-0.1, -0.05) is 23.7 Å². The molecule has 0 saturated heterocycles. The Hall–Kier alpha value is -3.23. The Kier molecular flexibility index (Phi) is 8.41. The molecule has 0 aliphatic rings. The van der Waals surface area contributed by atoms with E-state index in [-0.39, 0.29) is 12.5 Å². The van der Waals surface area contributed by atoms with E-state index in [0.29, 0.717) is 35.2 Å². The number of aryl methyl sites for hydroxylation is 1. The van der Waals surface area contributed by atoms with Gasteiger partial charge in [-0.2, -0.15) is 0 Å². The maximum Gasteiger partial charge on any atom is 0.251 e. The molecular formula is C25H27ClN2O5S. The molecule has 0 radical (unpaired) electrons. The van der Waals surface area contributed by atoms with Gasteiger partial charge in [0.2, 0.25) is 10.0 Å². The van der Waals surface area contributed by atoms with E-state index in [9.17, 15) is 13.2 Å². The van der Waals surface area contributed by atoms with Gasteiger partial charge < -0.3 is 14.8 Å². The van der Waals surface area contributed by atoms with Gasteiger partial charge in [-0.15, -0.1) is 0 Å². The SMILES string of the molecule is COc1ccc(OCCNC(=O)c2ccc(CN(c3ccc(Cl)cc3C)S(C)(=O)=O)cc2)cc1. The van der Waals surface area contributed by atoms with Crippen molar-refractivity contribution in [2.24, 2.45) is 0 Å². The molecule has 0 aromatic heterocycles. The molecule has 0 atom stereocenters. The highest BCUT2D eigenvalue weighted by atomic mass is 35.5. The van der Waals surface area contributed by atoms with Gasteiger partial charge in [0.1, 0.15) is 18.1 Å². The second-order valence-electron chi connectivity index (χ2n) is 7.68. The minimum absolute atomic E-state index is 0.138. The lowest BCUT2D eigenvalue weighted by Gasteiger charge is -2.24. The zero-order chi connectivity index (χ0) is 24.7. The number of anilines is 1. The Morgan fingerprint density at radius 1 is 1.00 bits per heavy atom. The molecule has 0 heterocycles. The Morgan fingerprint density at radius 3 is 2.24 bits per heavy atom. The van der Waals surface area contributed by atoms with Gasteiger partial charge in [0, 0.05) is 10.6 Å². The number of nitrogens with zero attached hydrogens (tertiary/aromatic N) is 1. The highest BCUT2D eigenvalue weighted by Crippen LogP contribution is 2.27. The Balaban J connectivity index is 1.57. The molecule has 34 heavy (non-hydrogen) atoms. The van der Waals surface area contributed by atoms with E-state index in [0.717, 1.165) is 23.1 Å². The van der Waals surface area contributed by atoms with Crippen molar-refractivity contribution >= 4 is 33.2 Å². The summed E-state index contributed by atoms with van der Waals surface area (Å²) in [5, 5.41) is 3.35. The van der Waals surface area contributed by atoms with Crippen LogP contribution in [0.5, 0.6) is 11.5 Å². The lowest BCUT2D eigenvalue weighted by atomic mass is 10.1. The van der Waals surface area contributed by atoms with Crippen molar-refractivity contribution in [3.05, 3.63) is 88.4 Å². The standard InChI is InChI=1S/C25H27ClN2O5S/c1-18-16-21(26)8-13-24(18)28(34(3,30)31)17-19-4-6-20(7-5-19)25(29)27-14-15-33-23-11-9-22(32-2)10-12-23/h4-13,16H,14-15,17H2,1-3H3,(H,27,29). The first kappa shape index (κ1) is 25.4. The van der Waals surface area contributed by atoms with Crippen LogP contribution in [0.15, 0.2) is 66.7 Å². The maximum absolute atomic E-state index is 12.4. The van der Waals surface area contributed by atoms with Crippen LogP contribution in [0.1, 0.15) is 21.5 Å². The zero-order valence-corrected chi connectivity index (χ0v) is 20.8. The van der Waals surface area contributed by atoms with E-state index in [1.807, 2.05) is 6.92 Å². The number of methoxy groups -OCH3 is 1. The molecule has 0 spiro atoms. The lowest BCUT2D eigenvalue weighted by Crippen LogP contribution is -2.30. The predicted octanol–water partition coefficient (Wildman–Crippen LogP) is 4.43. The van der Waals surface area contributed by atoms with Crippen LogP contribution >= 0.6 is 11.6 Å². The molecular weight excluding hydrogens is 476 g/mol. The third-order valence-corrected chi connectivity index (χ3v) is 6.45. The van der Waals surface area contributed by atoms with Crippen molar-refractivity contribution < 1.29 is 22.7 Å². The monoisotopic (exact) mass is 502 g/mol. The molecule has 3 aromatic carbocycles. The van der Waals surface area contributed by atoms with Gasteiger partial charge >= 0.3 is 0 Å². The molecule has 9 heteroatoms. The summed E-state index contributed by atoms with van der Waals surface area (Å²) in [6.07, 6.45) is 1.16. The van der Waals surface area contributed by atoms with E-state index < -0.39 is 10.0 Å². The van der Waals surface area contributed by atoms with E-state index in [2.05, 4.69) is 5.32 Å². The molecule has 0 aliphatic heterocycles. The molecule has 3 rings (SSSR count). The Labute approximate surface area is 205 Å². The van der Waals surface area contributed by atoms with Crippen LogP contribution < -0.4 is 19.1 Å². The van der Waals surface area contributed by atoms with E-state index in [4.69, 9.17) is 21.1 Å². The molecule has 0 fully saturated rings. The van der Waals surface area contributed by atoms with Crippen molar-refractivity contribution in [3.8, 4) is 11.5 Å². The van der Waals surface area contributed by atoms with E-state index in [1.165, 1.54) is 4.31 Å². The van der Waals surface area contributed by atoms with Gasteiger partial charge in [-0.25, -0.2) is 8.42 Å². The number of hydrogen-bond acceptors (Lipinski definition) is 5. The third kappa shape index (κ3) is 6.88. The summed E-state index contributed by atoms with van der Waals surface area (Å²) < 4.78 is 36.9. The number of sulfonamides is 1. The second kappa shape index (κ2) is 11.3. The molecule has 0 bridgehead atoms. The average Bonchev–Trinajstić information content (AvgIpc) is 2.81. The molecule has 0 unspecified atom stereocenters. The molecule has 3 aromatic rings. The average molecular weight is 503 g/mol. The molecule has 180 valence electrons. The first-order chi connectivity index (χ1) is 16.2. The van der Waals surface area contributed by atoms with Crippen molar-refractivity contribution in [2.45, 2.75) is 13.5 Å². The highest BCUT2D eigenvalue weighted by Gasteiger charge is 2.20. The van der Waals surface area contributed by atoms with Gasteiger partial charge in [0.25, 0.3) is 5.91 Å². The number of rotatable bonds is 10. The highest BCUT2D eigenvalue weighted by molar-refractivity contribution is 7.92. The van der Waals surface area contributed by atoms with Crippen molar-refractivity contribution in [1.29, 1.82) is 0 Å². The summed E-state index contributed by atoms with van der Waals surface area (Å²) in [6, 6.07) is 19.1. The van der Waals surface area contributed by atoms with Crippen LogP contribution in [0.2, 0.25) is 5.02 Å². The molecule has 0 aliphatic carbocycles. The van der Waals surface area contributed by atoms with Crippen LogP contribution in [0.3, 0.4) is 0 Å². The van der Waals surface area contributed by atoms with E-state index >= 15 is 0 Å². The molecule has 7 nitrogen and oxygen atoms in total. The summed E-state index contributed by atoms with van der Waals surface area (Å²) in [5.41, 5.74) is 2.54. The summed E-state index contributed by atoms with van der Waals surface area (Å²) in [4.78, 5) is 12.4. The number of benzene rings is 3. The van der Waals surface area contributed by atoms with Crippen LogP contribution in [0.25, 0.3) is 0 Å². The fourth-order valence-electron chi connectivity index (χ4n) is 3.31. The van der Waals surface area contributed by atoms with Gasteiger partial charge in [0.15, 0.2) is 0 Å². The smallest absolute Gasteiger partial charge is 0.251 e. The number of nitrogens with one attached hydrogen (secondary N) is 1. The summed E-state index contributed by atoms with van der Waals surface area (Å²) in [7, 11) is -1.93. The first-order valence-electron chi connectivity index (χ1n) is 10.6. The van der Waals surface area contributed by atoms with Crippen molar-refractivity contribution in [2.75, 3.05) is 30.8 Å². The topological polar surface area (TPSA) is 84.9 Å². The fraction of sp³-hybridized carbons (Fsp3) is 0.240. The quantitative estimate of drug-likeness (QED) is 0.414. The minimum Gasteiger partial charge on any atom is -0.497 e. The molecule has 1 amide bonds. The minimum atomic E-state index is -3.53. The number of ether oxygens (including phenoxy) is 2.